The Balaban J connectivity index is 1.75. The second kappa shape index (κ2) is 8.37. The highest BCUT2D eigenvalue weighted by molar-refractivity contribution is 8.00. The zero-order valence-electron chi connectivity index (χ0n) is 13.3. The monoisotopic (exact) mass is 333 g/mol. The Bertz CT molecular complexity index is 760. The molecule has 0 aromatic heterocycles. The molecule has 0 spiro atoms. The number of hydrogen-bond donors (Lipinski definition) is 1. The van der Waals surface area contributed by atoms with E-state index in [9.17, 15) is 4.79 Å². The first kappa shape index (κ1) is 16.3. The molecular formula is C21H19NOS. The average Bonchev–Trinajstić information content (AvgIpc) is 2.66. The molecule has 3 heteroatoms. The molecule has 0 fully saturated rings. The molecule has 1 N–H and O–H groups in total. The third-order valence-corrected chi connectivity index (χ3v) is 4.91. The molecule has 0 unspecified atom stereocenters. The zero-order valence-corrected chi connectivity index (χ0v) is 14.1. The summed E-state index contributed by atoms with van der Waals surface area (Å²) in [6.07, 6.45) is 0. The Morgan fingerprint density at radius 1 is 0.792 bits per heavy atom. The van der Waals surface area contributed by atoms with Crippen LogP contribution in [0.2, 0.25) is 0 Å². The van der Waals surface area contributed by atoms with Crippen molar-refractivity contribution < 1.29 is 4.79 Å². The van der Waals surface area contributed by atoms with Crippen molar-refractivity contribution in [3.63, 3.8) is 0 Å². The molecular weight excluding hydrogens is 314 g/mol. The topological polar surface area (TPSA) is 29.1 Å². The van der Waals surface area contributed by atoms with Crippen molar-refractivity contribution in [3.8, 4) is 0 Å². The summed E-state index contributed by atoms with van der Waals surface area (Å²) in [5.74, 6) is 0.0268. The summed E-state index contributed by atoms with van der Waals surface area (Å²) < 4.78 is 0. The van der Waals surface area contributed by atoms with Crippen molar-refractivity contribution in [2.45, 2.75) is 16.7 Å². The Labute approximate surface area is 146 Å². The average molecular weight is 333 g/mol. The number of nitrogens with one attached hydrogen (secondary N) is 1. The van der Waals surface area contributed by atoms with Gasteiger partial charge in [0, 0.05) is 11.4 Å². The van der Waals surface area contributed by atoms with Crippen LogP contribution in [0.3, 0.4) is 0 Å². The van der Waals surface area contributed by atoms with Crippen molar-refractivity contribution in [2.75, 3.05) is 0 Å². The van der Waals surface area contributed by atoms with Crippen LogP contribution in [0.5, 0.6) is 0 Å². The number of hydrogen-bond acceptors (Lipinski definition) is 2. The minimum atomic E-state index is -0.266. The Morgan fingerprint density at radius 3 is 1.96 bits per heavy atom. The van der Waals surface area contributed by atoms with Gasteiger partial charge in [0.15, 0.2) is 0 Å². The molecule has 3 rings (SSSR count). The van der Waals surface area contributed by atoms with Gasteiger partial charge >= 0.3 is 0 Å². The molecule has 0 saturated carbocycles. The SMILES string of the molecule is O=C(NCc1ccccc1)[C@H](Sc1ccccc1)c1ccccc1. The summed E-state index contributed by atoms with van der Waals surface area (Å²) in [6, 6.07) is 29.9. The van der Waals surface area contributed by atoms with E-state index in [1.54, 1.807) is 11.8 Å². The van der Waals surface area contributed by atoms with Gasteiger partial charge in [-0.2, -0.15) is 0 Å². The van der Waals surface area contributed by atoms with Crippen LogP contribution in [0, 0.1) is 0 Å². The molecule has 0 aliphatic carbocycles. The number of rotatable bonds is 6. The van der Waals surface area contributed by atoms with Gasteiger partial charge in [0.05, 0.1) is 0 Å². The quantitative estimate of drug-likeness (QED) is 0.654. The summed E-state index contributed by atoms with van der Waals surface area (Å²) in [7, 11) is 0. The number of carbonyl (C=O) groups excluding carboxylic acids is 1. The number of thioether (sulfide) groups is 1. The Morgan fingerprint density at radius 2 is 1.33 bits per heavy atom. The minimum absolute atomic E-state index is 0.0268. The fraction of sp³-hybridized carbons (Fsp3) is 0.0952. The lowest BCUT2D eigenvalue weighted by molar-refractivity contribution is -0.120. The van der Waals surface area contributed by atoms with Crippen LogP contribution < -0.4 is 5.32 Å². The molecule has 0 aliphatic heterocycles. The largest absolute Gasteiger partial charge is 0.351 e. The number of amides is 1. The van der Waals surface area contributed by atoms with Crippen molar-refractivity contribution in [3.05, 3.63) is 102 Å². The first-order valence-electron chi connectivity index (χ1n) is 7.91. The highest BCUT2D eigenvalue weighted by Crippen LogP contribution is 2.35. The van der Waals surface area contributed by atoms with Crippen LogP contribution in [0.25, 0.3) is 0 Å². The summed E-state index contributed by atoms with van der Waals surface area (Å²) in [5, 5.41) is 2.79. The molecule has 1 atom stereocenters. The van der Waals surface area contributed by atoms with Gasteiger partial charge < -0.3 is 5.32 Å². The standard InChI is InChI=1S/C21H19NOS/c23-21(22-16-17-10-4-1-5-11-17)20(18-12-6-2-7-13-18)24-19-14-8-3-9-15-19/h1-15,20H,16H2,(H,22,23)/t20-/m1/s1. The van der Waals surface area contributed by atoms with Crippen LogP contribution >= 0.6 is 11.8 Å². The third-order valence-electron chi connectivity index (χ3n) is 3.65. The normalized spacial score (nSPS) is 11.7. The number of benzene rings is 3. The maximum atomic E-state index is 12.8. The molecule has 3 aromatic carbocycles. The highest BCUT2D eigenvalue weighted by Gasteiger charge is 2.21. The van der Waals surface area contributed by atoms with Crippen LogP contribution in [-0.2, 0) is 11.3 Å². The molecule has 3 aromatic rings. The first-order chi connectivity index (χ1) is 11.8. The maximum Gasteiger partial charge on any atom is 0.238 e. The lowest BCUT2D eigenvalue weighted by Crippen LogP contribution is -2.27. The van der Waals surface area contributed by atoms with E-state index in [1.165, 1.54) is 0 Å². The first-order valence-corrected chi connectivity index (χ1v) is 8.79. The van der Waals surface area contributed by atoms with Gasteiger partial charge in [0.25, 0.3) is 0 Å². The maximum absolute atomic E-state index is 12.8. The molecule has 0 bridgehead atoms. The van der Waals surface area contributed by atoms with Gasteiger partial charge in [-0.3, -0.25) is 4.79 Å². The second-order valence-corrected chi connectivity index (χ2v) is 6.60. The number of carbonyl (C=O) groups is 1. The Kier molecular flexibility index (Phi) is 5.70. The van der Waals surface area contributed by atoms with Gasteiger partial charge in [-0.15, -0.1) is 11.8 Å². The van der Waals surface area contributed by atoms with Crippen LogP contribution in [-0.4, -0.2) is 5.91 Å². The smallest absolute Gasteiger partial charge is 0.238 e. The predicted molar refractivity (Wildman–Crippen MR) is 99.8 cm³/mol. The molecule has 2 nitrogen and oxygen atoms in total. The van der Waals surface area contributed by atoms with Crippen LogP contribution in [0.1, 0.15) is 16.4 Å². The highest BCUT2D eigenvalue weighted by atomic mass is 32.2. The van der Waals surface area contributed by atoms with Crippen molar-refractivity contribution in [1.29, 1.82) is 0 Å². The third kappa shape index (κ3) is 4.49. The summed E-state index contributed by atoms with van der Waals surface area (Å²) in [6.45, 7) is 0.540. The van der Waals surface area contributed by atoms with Crippen molar-refractivity contribution in [1.82, 2.24) is 5.32 Å². The van der Waals surface area contributed by atoms with E-state index in [1.807, 2.05) is 91.0 Å². The van der Waals surface area contributed by atoms with Gasteiger partial charge in [0.2, 0.25) is 5.91 Å². The van der Waals surface area contributed by atoms with Gasteiger partial charge in [-0.05, 0) is 23.3 Å². The van der Waals surface area contributed by atoms with Gasteiger partial charge in [0.1, 0.15) is 5.25 Å². The molecule has 24 heavy (non-hydrogen) atoms. The summed E-state index contributed by atoms with van der Waals surface area (Å²) >= 11 is 1.57. The van der Waals surface area contributed by atoms with E-state index in [2.05, 4.69) is 5.32 Å². The van der Waals surface area contributed by atoms with E-state index in [4.69, 9.17) is 0 Å². The molecule has 120 valence electrons. The summed E-state index contributed by atoms with van der Waals surface area (Å²) in [5.41, 5.74) is 2.11. The van der Waals surface area contributed by atoms with Crippen molar-refractivity contribution >= 4 is 17.7 Å². The minimum Gasteiger partial charge on any atom is -0.351 e. The van der Waals surface area contributed by atoms with E-state index in [-0.39, 0.29) is 11.2 Å². The fourth-order valence-electron chi connectivity index (χ4n) is 2.41. The summed E-state index contributed by atoms with van der Waals surface area (Å²) in [4.78, 5) is 13.9. The molecule has 0 aliphatic rings. The van der Waals surface area contributed by atoms with E-state index in [0.29, 0.717) is 6.54 Å². The van der Waals surface area contributed by atoms with Gasteiger partial charge in [-0.25, -0.2) is 0 Å². The fourth-order valence-corrected chi connectivity index (χ4v) is 3.48. The second-order valence-electron chi connectivity index (χ2n) is 5.43. The van der Waals surface area contributed by atoms with E-state index < -0.39 is 0 Å². The lowest BCUT2D eigenvalue weighted by Gasteiger charge is -2.17. The van der Waals surface area contributed by atoms with E-state index >= 15 is 0 Å². The van der Waals surface area contributed by atoms with Crippen molar-refractivity contribution in [2.24, 2.45) is 0 Å². The van der Waals surface area contributed by atoms with Gasteiger partial charge in [-0.1, -0.05) is 78.9 Å². The zero-order chi connectivity index (χ0) is 16.6. The lowest BCUT2D eigenvalue weighted by atomic mass is 10.1. The molecule has 1 amide bonds. The Hall–Kier alpha value is -2.52. The molecule has 0 radical (unpaired) electrons. The molecule has 0 heterocycles. The van der Waals surface area contributed by atoms with E-state index in [0.717, 1.165) is 16.0 Å². The van der Waals surface area contributed by atoms with Crippen LogP contribution in [0.4, 0.5) is 0 Å². The van der Waals surface area contributed by atoms with Crippen LogP contribution in [0.15, 0.2) is 95.9 Å². The predicted octanol–water partition coefficient (Wildman–Crippen LogP) is 4.84. The molecule has 0 saturated heterocycles.